The van der Waals surface area contributed by atoms with Gasteiger partial charge in [0, 0.05) is 19.6 Å². The van der Waals surface area contributed by atoms with Gasteiger partial charge in [-0.15, -0.1) is 0 Å². The van der Waals surface area contributed by atoms with E-state index in [0.29, 0.717) is 11.5 Å². The lowest BCUT2D eigenvalue weighted by Crippen LogP contribution is -2.45. The third kappa shape index (κ3) is 7.71. The molecule has 0 spiro atoms. The van der Waals surface area contributed by atoms with Crippen LogP contribution in [0.3, 0.4) is 0 Å². The summed E-state index contributed by atoms with van der Waals surface area (Å²) < 4.78 is 21.9. The monoisotopic (exact) mass is 484 g/mol. The first-order valence-electron chi connectivity index (χ1n) is 11.5. The van der Waals surface area contributed by atoms with Crippen LogP contribution in [-0.2, 0) is 30.5 Å². The first-order valence-corrected chi connectivity index (χ1v) is 11.5. The van der Waals surface area contributed by atoms with Gasteiger partial charge in [-0.2, -0.15) is 0 Å². The zero-order chi connectivity index (χ0) is 25.2. The summed E-state index contributed by atoms with van der Waals surface area (Å²) in [6.45, 7) is 2.46. The van der Waals surface area contributed by atoms with E-state index in [1.807, 2.05) is 42.5 Å². The van der Waals surface area contributed by atoms with E-state index in [1.54, 1.807) is 31.1 Å². The van der Waals surface area contributed by atoms with E-state index in [9.17, 15) is 14.4 Å². The molecular weight excluding hydrogens is 452 g/mol. The zero-order valence-corrected chi connectivity index (χ0v) is 20.3. The van der Waals surface area contributed by atoms with Crippen LogP contribution in [0.25, 0.3) is 0 Å². The van der Waals surface area contributed by atoms with Crippen LogP contribution in [0.15, 0.2) is 54.6 Å². The van der Waals surface area contributed by atoms with E-state index in [1.165, 1.54) is 12.0 Å². The number of hydrogen-bond acceptors (Lipinski definition) is 7. The molecule has 1 heterocycles. The molecule has 0 bridgehead atoms. The predicted octanol–water partition coefficient (Wildman–Crippen LogP) is 2.28. The summed E-state index contributed by atoms with van der Waals surface area (Å²) in [6, 6.07) is 16.5. The fraction of sp³-hybridized carbons (Fsp3) is 0.423. The highest BCUT2D eigenvalue weighted by Crippen LogP contribution is 2.18. The van der Waals surface area contributed by atoms with Crippen LogP contribution in [0, 0.1) is 0 Å². The molecule has 9 nitrogen and oxygen atoms in total. The number of carbonyl (C=O) groups excluding carboxylic acids is 3. The summed E-state index contributed by atoms with van der Waals surface area (Å²) in [5.74, 6) is 0.299. The van der Waals surface area contributed by atoms with Gasteiger partial charge in [0.1, 0.15) is 11.5 Å². The summed E-state index contributed by atoms with van der Waals surface area (Å²) in [4.78, 5) is 40.8. The molecule has 0 aromatic heterocycles. The largest absolute Gasteiger partial charge is 0.497 e. The number of amides is 2. The third-order valence-electron chi connectivity index (χ3n) is 5.68. The molecule has 1 saturated heterocycles. The number of ether oxygens (including phenoxy) is 4. The van der Waals surface area contributed by atoms with Gasteiger partial charge in [-0.25, -0.2) is 0 Å². The van der Waals surface area contributed by atoms with Gasteiger partial charge in [-0.05, 0) is 36.8 Å². The Morgan fingerprint density at radius 1 is 1.03 bits per heavy atom. The second-order valence-electron chi connectivity index (χ2n) is 8.24. The van der Waals surface area contributed by atoms with Crippen LogP contribution in [0.1, 0.15) is 18.9 Å². The van der Waals surface area contributed by atoms with E-state index >= 15 is 0 Å². The van der Waals surface area contributed by atoms with Crippen molar-refractivity contribution in [1.82, 2.24) is 9.80 Å². The van der Waals surface area contributed by atoms with Crippen molar-refractivity contribution in [3.8, 4) is 11.5 Å². The van der Waals surface area contributed by atoms with E-state index in [-0.39, 0.29) is 51.0 Å². The summed E-state index contributed by atoms with van der Waals surface area (Å²) in [5, 5.41) is 0. The van der Waals surface area contributed by atoms with Gasteiger partial charge >= 0.3 is 5.97 Å². The molecular formula is C26H32N2O7. The van der Waals surface area contributed by atoms with Crippen molar-refractivity contribution in [2.45, 2.75) is 32.2 Å². The minimum Gasteiger partial charge on any atom is -0.497 e. The Hall–Kier alpha value is -3.59. The highest BCUT2D eigenvalue weighted by molar-refractivity contribution is 5.87. The van der Waals surface area contributed by atoms with Gasteiger partial charge < -0.3 is 28.7 Å². The number of esters is 1. The molecule has 35 heavy (non-hydrogen) atoms. The smallest absolute Gasteiger partial charge is 0.307 e. The van der Waals surface area contributed by atoms with Gasteiger partial charge in [0.25, 0.3) is 5.91 Å². The molecule has 9 heteroatoms. The molecule has 0 saturated carbocycles. The number of benzene rings is 2. The van der Waals surface area contributed by atoms with Gasteiger partial charge in [0.05, 0.1) is 39.9 Å². The predicted molar refractivity (Wildman–Crippen MR) is 128 cm³/mol. The van der Waals surface area contributed by atoms with Crippen LogP contribution in [0.2, 0.25) is 0 Å². The minimum atomic E-state index is -0.786. The molecule has 2 aromatic rings. The van der Waals surface area contributed by atoms with Crippen molar-refractivity contribution >= 4 is 17.8 Å². The van der Waals surface area contributed by atoms with Crippen LogP contribution >= 0.6 is 0 Å². The maximum Gasteiger partial charge on any atom is 0.307 e. The molecule has 0 unspecified atom stereocenters. The second kappa shape index (κ2) is 12.8. The number of carbonyl (C=O) groups is 3. The molecule has 1 aliphatic heterocycles. The average molecular weight is 485 g/mol. The number of methoxy groups -OCH3 is 2. The number of para-hydroxylation sites is 1. The van der Waals surface area contributed by atoms with Gasteiger partial charge in [-0.3, -0.25) is 14.4 Å². The van der Waals surface area contributed by atoms with Crippen molar-refractivity contribution < 1.29 is 33.3 Å². The molecule has 1 fully saturated rings. The molecule has 0 aliphatic carbocycles. The molecule has 3 rings (SSSR count). The SMILES string of the molecule is COC(=O)CCN1C[C@@H](OCc2cccc(OC)c2)CN(C(=O)[C@@H](C)Oc2ccccc2)CC1=O. The minimum absolute atomic E-state index is 0.0618. The third-order valence-corrected chi connectivity index (χ3v) is 5.68. The topological polar surface area (TPSA) is 94.6 Å². The lowest BCUT2D eigenvalue weighted by atomic mass is 10.2. The van der Waals surface area contributed by atoms with Crippen molar-refractivity contribution in [3.05, 3.63) is 60.2 Å². The fourth-order valence-electron chi connectivity index (χ4n) is 3.78. The van der Waals surface area contributed by atoms with Gasteiger partial charge in [0.2, 0.25) is 5.91 Å². The van der Waals surface area contributed by atoms with E-state index in [4.69, 9.17) is 18.9 Å². The lowest BCUT2D eigenvalue weighted by molar-refractivity contribution is -0.144. The molecule has 2 aromatic carbocycles. The summed E-state index contributed by atoms with van der Waals surface area (Å²) in [6.07, 6.45) is -1.18. The van der Waals surface area contributed by atoms with Crippen molar-refractivity contribution in [3.63, 3.8) is 0 Å². The average Bonchev–Trinajstić information content (AvgIpc) is 3.04. The highest BCUT2D eigenvalue weighted by atomic mass is 16.5. The van der Waals surface area contributed by atoms with Crippen LogP contribution in [-0.4, -0.2) is 80.2 Å². The normalized spacial score (nSPS) is 16.9. The van der Waals surface area contributed by atoms with E-state index in [2.05, 4.69) is 0 Å². The Balaban J connectivity index is 1.72. The first-order chi connectivity index (χ1) is 16.9. The Bertz CT molecular complexity index is 998. The van der Waals surface area contributed by atoms with Crippen molar-refractivity contribution in [2.24, 2.45) is 0 Å². The summed E-state index contributed by atoms with van der Waals surface area (Å²) >= 11 is 0. The fourth-order valence-corrected chi connectivity index (χ4v) is 3.78. The van der Waals surface area contributed by atoms with E-state index in [0.717, 1.165) is 5.56 Å². The Morgan fingerprint density at radius 2 is 1.77 bits per heavy atom. The number of hydrogen-bond donors (Lipinski definition) is 0. The van der Waals surface area contributed by atoms with Gasteiger partial charge in [-0.1, -0.05) is 30.3 Å². The summed E-state index contributed by atoms with van der Waals surface area (Å²) in [7, 11) is 2.90. The Labute approximate surface area is 205 Å². The highest BCUT2D eigenvalue weighted by Gasteiger charge is 2.33. The Morgan fingerprint density at radius 3 is 2.49 bits per heavy atom. The number of rotatable bonds is 10. The standard InChI is InChI=1S/C26H32N2O7/c1-19(35-21-9-5-4-6-10-21)26(31)28-16-23(34-18-20-8-7-11-22(14-20)32-2)15-27(24(29)17-28)13-12-25(30)33-3/h4-11,14,19,23H,12-13,15-18H2,1-3H3/t19-,23-/m1/s1. The zero-order valence-electron chi connectivity index (χ0n) is 20.3. The second-order valence-corrected chi connectivity index (χ2v) is 8.24. The molecule has 0 radical (unpaired) electrons. The van der Waals surface area contributed by atoms with Crippen molar-refractivity contribution in [1.29, 1.82) is 0 Å². The first kappa shape index (κ1) is 26.0. The lowest BCUT2D eigenvalue weighted by Gasteiger charge is -2.26. The maximum atomic E-state index is 13.2. The Kier molecular flexibility index (Phi) is 9.48. The van der Waals surface area contributed by atoms with Crippen LogP contribution in [0.5, 0.6) is 11.5 Å². The maximum absolute atomic E-state index is 13.2. The van der Waals surface area contributed by atoms with Crippen molar-refractivity contribution in [2.75, 3.05) is 40.4 Å². The molecule has 0 N–H and O–H groups in total. The molecule has 2 atom stereocenters. The van der Waals surface area contributed by atoms with Gasteiger partial charge in [0.15, 0.2) is 6.10 Å². The summed E-state index contributed by atoms with van der Waals surface area (Å²) in [5.41, 5.74) is 0.902. The van der Waals surface area contributed by atoms with Crippen LogP contribution < -0.4 is 9.47 Å². The van der Waals surface area contributed by atoms with Crippen LogP contribution in [0.4, 0.5) is 0 Å². The quantitative estimate of drug-likeness (QED) is 0.478. The van der Waals surface area contributed by atoms with E-state index < -0.39 is 18.2 Å². The molecule has 1 aliphatic rings. The number of nitrogens with zero attached hydrogens (tertiary/aromatic N) is 2. The molecule has 2 amide bonds. The molecule has 188 valence electrons.